The van der Waals surface area contributed by atoms with Crippen LogP contribution in [-0.2, 0) is 11.3 Å². The molecule has 2 aromatic heterocycles. The lowest BCUT2D eigenvalue weighted by Gasteiger charge is -2.09. The molecule has 7 nitrogen and oxygen atoms in total. The number of carbonyl (C=O) groups excluding carboxylic acids is 1. The van der Waals surface area contributed by atoms with Crippen molar-refractivity contribution in [2.45, 2.75) is 33.4 Å². The van der Waals surface area contributed by atoms with Gasteiger partial charge < -0.3 is 14.5 Å². The minimum atomic E-state index is -0.183. The summed E-state index contributed by atoms with van der Waals surface area (Å²) >= 11 is 0. The van der Waals surface area contributed by atoms with E-state index in [1.807, 2.05) is 13.8 Å². The Hall–Kier alpha value is -2.15. The van der Waals surface area contributed by atoms with E-state index in [4.69, 9.17) is 9.15 Å². The first-order chi connectivity index (χ1) is 10.0. The van der Waals surface area contributed by atoms with E-state index in [2.05, 4.69) is 15.4 Å². The van der Waals surface area contributed by atoms with Crippen LogP contribution in [0.2, 0.25) is 0 Å². The summed E-state index contributed by atoms with van der Waals surface area (Å²) in [5.41, 5.74) is 1.23. The number of hydrogen-bond acceptors (Lipinski definition) is 5. The lowest BCUT2D eigenvalue weighted by atomic mass is 10.2. The fraction of sp³-hybridized carbons (Fsp3) is 0.500. The molecule has 2 aromatic rings. The summed E-state index contributed by atoms with van der Waals surface area (Å²) in [4.78, 5) is 16.2. The first kappa shape index (κ1) is 15.2. The second-order valence-electron chi connectivity index (χ2n) is 4.94. The van der Waals surface area contributed by atoms with Gasteiger partial charge in [0, 0.05) is 20.2 Å². The maximum Gasteiger partial charge on any atom is 0.255 e. The third-order valence-corrected chi connectivity index (χ3v) is 3.11. The van der Waals surface area contributed by atoms with Gasteiger partial charge in [-0.1, -0.05) is 0 Å². The molecule has 1 amide bonds. The molecule has 1 N–H and O–H groups in total. The Kier molecular flexibility index (Phi) is 4.74. The molecule has 0 saturated heterocycles. The maximum absolute atomic E-state index is 12.2. The Morgan fingerprint density at radius 3 is 2.90 bits per heavy atom. The van der Waals surface area contributed by atoms with Crippen molar-refractivity contribution in [2.24, 2.45) is 0 Å². The molecule has 7 heteroatoms. The van der Waals surface area contributed by atoms with Crippen LogP contribution in [-0.4, -0.2) is 34.4 Å². The van der Waals surface area contributed by atoms with Crippen LogP contribution in [0, 0.1) is 13.8 Å². The second-order valence-corrected chi connectivity index (χ2v) is 4.94. The third-order valence-electron chi connectivity index (χ3n) is 3.11. The van der Waals surface area contributed by atoms with Crippen LogP contribution in [0.1, 0.15) is 40.7 Å². The molecule has 114 valence electrons. The number of amides is 1. The lowest BCUT2D eigenvalue weighted by Crippen LogP contribution is -2.23. The minimum absolute atomic E-state index is 0.0761. The second kappa shape index (κ2) is 6.53. The van der Waals surface area contributed by atoms with Crippen LogP contribution in [0.5, 0.6) is 0 Å². The smallest absolute Gasteiger partial charge is 0.255 e. The number of carbonyl (C=O) groups is 1. The molecule has 0 fully saturated rings. The predicted octanol–water partition coefficient (Wildman–Crippen LogP) is 1.63. The van der Waals surface area contributed by atoms with Gasteiger partial charge >= 0.3 is 0 Å². The fourth-order valence-corrected chi connectivity index (χ4v) is 2.00. The molecule has 0 radical (unpaired) electrons. The average Bonchev–Trinajstić information content (AvgIpc) is 3.02. The monoisotopic (exact) mass is 292 g/mol. The van der Waals surface area contributed by atoms with Gasteiger partial charge in [-0.2, -0.15) is 5.10 Å². The van der Waals surface area contributed by atoms with Crippen molar-refractivity contribution in [3.8, 4) is 0 Å². The molecule has 0 aliphatic heterocycles. The molecule has 21 heavy (non-hydrogen) atoms. The van der Waals surface area contributed by atoms with Crippen LogP contribution >= 0.6 is 0 Å². The zero-order chi connectivity index (χ0) is 15.4. The SMILES string of the molecule is COC[C@H](C)n1cc(C(=O)NCc2cnc(C)o2)c(C)n1. The number of hydrogen-bond donors (Lipinski definition) is 1. The molecule has 0 aliphatic rings. The summed E-state index contributed by atoms with van der Waals surface area (Å²) in [5, 5.41) is 7.15. The van der Waals surface area contributed by atoms with Crippen molar-refractivity contribution >= 4 is 5.91 Å². The molecule has 0 saturated carbocycles. The predicted molar refractivity (Wildman–Crippen MR) is 76.0 cm³/mol. The Bertz CT molecular complexity index is 618. The molecule has 0 aromatic carbocycles. The van der Waals surface area contributed by atoms with Gasteiger partial charge in [0.05, 0.1) is 36.6 Å². The van der Waals surface area contributed by atoms with Crippen molar-refractivity contribution in [2.75, 3.05) is 13.7 Å². The average molecular weight is 292 g/mol. The summed E-state index contributed by atoms with van der Waals surface area (Å²) in [5.74, 6) is 1.02. The molecular weight excluding hydrogens is 272 g/mol. The number of nitrogens with one attached hydrogen (secondary N) is 1. The van der Waals surface area contributed by atoms with Gasteiger partial charge in [-0.3, -0.25) is 9.48 Å². The summed E-state index contributed by atoms with van der Waals surface area (Å²) in [6, 6.07) is 0.0761. The highest BCUT2D eigenvalue weighted by molar-refractivity contribution is 5.94. The largest absolute Gasteiger partial charge is 0.444 e. The molecule has 0 spiro atoms. The van der Waals surface area contributed by atoms with Crippen LogP contribution in [0.4, 0.5) is 0 Å². The first-order valence-electron chi connectivity index (χ1n) is 6.75. The summed E-state index contributed by atoms with van der Waals surface area (Å²) in [6.45, 7) is 6.40. The number of ether oxygens (including phenoxy) is 1. The van der Waals surface area contributed by atoms with Crippen molar-refractivity contribution in [1.82, 2.24) is 20.1 Å². The molecule has 0 aliphatic carbocycles. The van der Waals surface area contributed by atoms with Crippen molar-refractivity contribution < 1.29 is 13.9 Å². The Morgan fingerprint density at radius 2 is 2.29 bits per heavy atom. The molecule has 2 heterocycles. The normalized spacial score (nSPS) is 12.4. The molecular formula is C14H20N4O3. The van der Waals surface area contributed by atoms with E-state index in [1.54, 1.807) is 31.1 Å². The van der Waals surface area contributed by atoms with E-state index in [9.17, 15) is 4.79 Å². The van der Waals surface area contributed by atoms with Crippen LogP contribution in [0.25, 0.3) is 0 Å². The van der Waals surface area contributed by atoms with Crippen molar-refractivity contribution in [1.29, 1.82) is 0 Å². The Balaban J connectivity index is 2.02. The zero-order valence-electron chi connectivity index (χ0n) is 12.7. The van der Waals surface area contributed by atoms with E-state index < -0.39 is 0 Å². The van der Waals surface area contributed by atoms with E-state index in [0.29, 0.717) is 36.1 Å². The van der Waals surface area contributed by atoms with E-state index in [0.717, 1.165) is 0 Å². The van der Waals surface area contributed by atoms with Crippen LogP contribution < -0.4 is 5.32 Å². The summed E-state index contributed by atoms with van der Waals surface area (Å²) in [7, 11) is 1.64. The van der Waals surface area contributed by atoms with E-state index in [-0.39, 0.29) is 11.9 Å². The zero-order valence-corrected chi connectivity index (χ0v) is 12.7. The first-order valence-corrected chi connectivity index (χ1v) is 6.75. The third kappa shape index (κ3) is 3.69. The fourth-order valence-electron chi connectivity index (χ4n) is 2.00. The van der Waals surface area contributed by atoms with Crippen LogP contribution in [0.3, 0.4) is 0 Å². The van der Waals surface area contributed by atoms with Gasteiger partial charge in [-0.15, -0.1) is 0 Å². The number of nitrogens with zero attached hydrogens (tertiary/aromatic N) is 3. The maximum atomic E-state index is 12.2. The van der Waals surface area contributed by atoms with Crippen molar-refractivity contribution in [3.05, 3.63) is 35.3 Å². The van der Waals surface area contributed by atoms with Gasteiger partial charge in [-0.25, -0.2) is 4.98 Å². The summed E-state index contributed by atoms with van der Waals surface area (Å²) in [6.07, 6.45) is 3.34. The van der Waals surface area contributed by atoms with Gasteiger partial charge in [0.2, 0.25) is 0 Å². The highest BCUT2D eigenvalue weighted by Gasteiger charge is 2.16. The standard InChI is InChI=1S/C14H20N4O3/c1-9(8-20-4)18-7-13(10(2)17-18)14(19)16-6-12-5-15-11(3)21-12/h5,7,9H,6,8H2,1-4H3,(H,16,19)/t9-/m0/s1. The minimum Gasteiger partial charge on any atom is -0.444 e. The molecule has 0 unspecified atom stereocenters. The van der Waals surface area contributed by atoms with Crippen molar-refractivity contribution in [3.63, 3.8) is 0 Å². The quantitative estimate of drug-likeness (QED) is 0.875. The number of rotatable bonds is 6. The topological polar surface area (TPSA) is 82.2 Å². The number of aromatic nitrogens is 3. The molecule has 0 bridgehead atoms. The number of aryl methyl sites for hydroxylation is 2. The number of methoxy groups -OCH3 is 1. The van der Waals surface area contributed by atoms with Gasteiger partial charge in [0.25, 0.3) is 5.91 Å². The summed E-state index contributed by atoms with van der Waals surface area (Å²) < 4.78 is 12.1. The van der Waals surface area contributed by atoms with Gasteiger partial charge in [-0.05, 0) is 13.8 Å². The van der Waals surface area contributed by atoms with Gasteiger partial charge in [0.1, 0.15) is 5.76 Å². The van der Waals surface area contributed by atoms with E-state index in [1.165, 1.54) is 0 Å². The van der Waals surface area contributed by atoms with Crippen LogP contribution in [0.15, 0.2) is 16.8 Å². The lowest BCUT2D eigenvalue weighted by molar-refractivity contribution is 0.0947. The van der Waals surface area contributed by atoms with Gasteiger partial charge in [0.15, 0.2) is 5.89 Å². The number of oxazole rings is 1. The molecule has 2 rings (SSSR count). The Labute approximate surface area is 123 Å². The molecule has 1 atom stereocenters. The Morgan fingerprint density at radius 1 is 1.52 bits per heavy atom. The highest BCUT2D eigenvalue weighted by atomic mass is 16.5. The van der Waals surface area contributed by atoms with E-state index >= 15 is 0 Å². The highest BCUT2D eigenvalue weighted by Crippen LogP contribution is 2.12.